The lowest BCUT2D eigenvalue weighted by atomic mass is 9.99. The maximum atomic E-state index is 6.68. The van der Waals surface area contributed by atoms with E-state index in [1.807, 2.05) is 24.3 Å². The highest BCUT2D eigenvalue weighted by Gasteiger charge is 2.26. The average molecular weight is 431 g/mol. The van der Waals surface area contributed by atoms with Gasteiger partial charge < -0.3 is 20.1 Å². The van der Waals surface area contributed by atoms with Crippen LogP contribution in [0.2, 0.25) is 0 Å². The van der Waals surface area contributed by atoms with Crippen molar-refractivity contribution >= 4 is 5.69 Å². The van der Waals surface area contributed by atoms with E-state index in [1.165, 1.54) is 11.1 Å². The van der Waals surface area contributed by atoms with Crippen molar-refractivity contribution in [3.05, 3.63) is 96.1 Å². The summed E-state index contributed by atoms with van der Waals surface area (Å²) in [5.41, 5.74) is 9.10. The Labute approximate surface area is 192 Å². The van der Waals surface area contributed by atoms with Crippen LogP contribution in [-0.2, 0) is 4.74 Å². The number of anilines is 1. The van der Waals surface area contributed by atoms with Crippen molar-refractivity contribution in [3.8, 4) is 5.75 Å². The largest absolute Gasteiger partial charge is 0.491 e. The van der Waals surface area contributed by atoms with Crippen LogP contribution in [-0.4, -0.2) is 36.7 Å². The number of nitrogens with zero attached hydrogens (tertiary/aromatic N) is 1. The van der Waals surface area contributed by atoms with Crippen LogP contribution in [0.3, 0.4) is 0 Å². The summed E-state index contributed by atoms with van der Waals surface area (Å²) in [4.78, 5) is 2.55. The molecule has 1 unspecified atom stereocenters. The predicted octanol–water partition coefficient (Wildman–Crippen LogP) is 5.70. The third-order valence-corrected chi connectivity index (χ3v) is 6.35. The molecule has 1 heterocycles. The summed E-state index contributed by atoms with van der Waals surface area (Å²) >= 11 is 0. The van der Waals surface area contributed by atoms with E-state index in [-0.39, 0.29) is 12.2 Å². The Balaban J connectivity index is 1.28. The molecular formula is C28H34N2O2. The zero-order valence-electron chi connectivity index (χ0n) is 18.9. The first-order valence-corrected chi connectivity index (χ1v) is 11.7. The number of nitrogen functional groups attached to an aromatic ring is 1. The van der Waals surface area contributed by atoms with E-state index in [4.69, 9.17) is 15.2 Å². The second-order valence-electron chi connectivity index (χ2n) is 8.60. The lowest BCUT2D eigenvalue weighted by molar-refractivity contribution is -0.0333. The number of nitrogens with two attached hydrogens (primary N) is 1. The maximum Gasteiger partial charge on any atom is 0.142 e. The summed E-state index contributed by atoms with van der Waals surface area (Å²) in [6, 6.07) is 29.3. The van der Waals surface area contributed by atoms with Gasteiger partial charge in [-0.1, -0.05) is 72.8 Å². The number of hydrogen-bond acceptors (Lipinski definition) is 4. The van der Waals surface area contributed by atoms with Crippen LogP contribution in [0.1, 0.15) is 43.4 Å². The zero-order valence-corrected chi connectivity index (χ0v) is 18.9. The third-order valence-electron chi connectivity index (χ3n) is 6.35. The summed E-state index contributed by atoms with van der Waals surface area (Å²) < 4.78 is 12.6. The second-order valence-corrected chi connectivity index (χ2v) is 8.60. The SMILES string of the molecule is CC(CCOc1ccccc1N)N1CCC(OC(c2ccccc2)c2ccccc2)CC1. The van der Waals surface area contributed by atoms with Gasteiger partial charge in [0.1, 0.15) is 11.9 Å². The smallest absolute Gasteiger partial charge is 0.142 e. The lowest BCUT2D eigenvalue weighted by Gasteiger charge is -2.37. The highest BCUT2D eigenvalue weighted by atomic mass is 16.5. The van der Waals surface area contributed by atoms with Gasteiger partial charge in [-0.3, -0.25) is 0 Å². The number of ether oxygens (including phenoxy) is 2. The molecule has 1 atom stereocenters. The number of hydrogen-bond donors (Lipinski definition) is 1. The minimum absolute atomic E-state index is 0.0175. The number of likely N-dealkylation sites (tertiary alicyclic amines) is 1. The molecule has 32 heavy (non-hydrogen) atoms. The summed E-state index contributed by atoms with van der Waals surface area (Å²) in [6.45, 7) is 5.07. The van der Waals surface area contributed by atoms with Crippen molar-refractivity contribution in [2.75, 3.05) is 25.4 Å². The van der Waals surface area contributed by atoms with E-state index in [0.29, 0.717) is 18.3 Å². The van der Waals surface area contributed by atoms with Crippen molar-refractivity contribution in [2.45, 2.75) is 44.4 Å². The number of piperidine rings is 1. The summed E-state index contributed by atoms with van der Waals surface area (Å²) in [5, 5.41) is 0. The van der Waals surface area contributed by atoms with Crippen molar-refractivity contribution < 1.29 is 9.47 Å². The van der Waals surface area contributed by atoms with Crippen LogP contribution < -0.4 is 10.5 Å². The molecule has 4 heteroatoms. The van der Waals surface area contributed by atoms with Gasteiger partial charge >= 0.3 is 0 Å². The van der Waals surface area contributed by atoms with E-state index in [9.17, 15) is 0 Å². The molecule has 0 spiro atoms. The fraction of sp³-hybridized carbons (Fsp3) is 0.357. The van der Waals surface area contributed by atoms with Crippen LogP contribution >= 0.6 is 0 Å². The highest BCUT2D eigenvalue weighted by molar-refractivity contribution is 5.51. The Morgan fingerprint density at radius 3 is 2.00 bits per heavy atom. The summed E-state index contributed by atoms with van der Waals surface area (Å²) in [6.07, 6.45) is 3.33. The molecule has 1 saturated heterocycles. The molecule has 0 aromatic heterocycles. The van der Waals surface area contributed by atoms with Gasteiger partial charge in [0.2, 0.25) is 0 Å². The van der Waals surface area contributed by atoms with Gasteiger partial charge in [-0.15, -0.1) is 0 Å². The number of rotatable bonds is 9. The highest BCUT2D eigenvalue weighted by Crippen LogP contribution is 2.30. The van der Waals surface area contributed by atoms with Crippen LogP contribution in [0.4, 0.5) is 5.69 Å². The normalized spacial score (nSPS) is 16.2. The van der Waals surface area contributed by atoms with Gasteiger partial charge in [0.05, 0.1) is 18.4 Å². The maximum absolute atomic E-state index is 6.68. The fourth-order valence-corrected chi connectivity index (χ4v) is 4.38. The van der Waals surface area contributed by atoms with Crippen molar-refractivity contribution in [1.82, 2.24) is 4.90 Å². The third kappa shape index (κ3) is 5.90. The zero-order chi connectivity index (χ0) is 22.2. The minimum atomic E-state index is -0.0175. The Bertz CT molecular complexity index is 900. The first-order valence-electron chi connectivity index (χ1n) is 11.7. The van der Waals surface area contributed by atoms with Gasteiger partial charge in [0.25, 0.3) is 0 Å². The molecule has 1 aliphatic rings. The second kappa shape index (κ2) is 11.2. The molecule has 0 saturated carbocycles. The first-order chi connectivity index (χ1) is 15.7. The molecule has 0 amide bonds. The molecule has 2 N–H and O–H groups in total. The van der Waals surface area contributed by atoms with Gasteiger partial charge in [0, 0.05) is 19.1 Å². The molecule has 1 fully saturated rings. The standard InChI is InChI=1S/C28H34N2O2/c1-22(18-21-31-27-15-9-8-14-26(27)29)30-19-16-25(17-20-30)32-28(23-10-4-2-5-11-23)24-12-6-3-7-13-24/h2-15,22,25,28H,16-21,29H2,1H3. The molecule has 0 radical (unpaired) electrons. The summed E-state index contributed by atoms with van der Waals surface area (Å²) in [7, 11) is 0. The Kier molecular flexibility index (Phi) is 7.81. The fourth-order valence-electron chi connectivity index (χ4n) is 4.38. The summed E-state index contributed by atoms with van der Waals surface area (Å²) in [5.74, 6) is 0.777. The van der Waals surface area contributed by atoms with Crippen LogP contribution in [0.15, 0.2) is 84.9 Å². The van der Waals surface area contributed by atoms with E-state index in [0.717, 1.165) is 38.1 Å². The lowest BCUT2D eigenvalue weighted by Crippen LogP contribution is -2.43. The van der Waals surface area contributed by atoms with Crippen LogP contribution in [0.25, 0.3) is 0 Å². The molecule has 3 aromatic rings. The van der Waals surface area contributed by atoms with Gasteiger partial charge in [-0.25, -0.2) is 0 Å². The molecule has 4 nitrogen and oxygen atoms in total. The minimum Gasteiger partial charge on any atom is -0.491 e. The Morgan fingerprint density at radius 1 is 0.844 bits per heavy atom. The van der Waals surface area contributed by atoms with Crippen molar-refractivity contribution in [3.63, 3.8) is 0 Å². The quantitative estimate of drug-likeness (QED) is 0.443. The van der Waals surface area contributed by atoms with Crippen LogP contribution in [0, 0.1) is 0 Å². The van der Waals surface area contributed by atoms with Crippen molar-refractivity contribution in [2.24, 2.45) is 0 Å². The number of benzene rings is 3. The Hall–Kier alpha value is -2.82. The molecule has 1 aliphatic heterocycles. The van der Waals surface area contributed by atoms with E-state index < -0.39 is 0 Å². The first kappa shape index (κ1) is 22.4. The number of para-hydroxylation sites is 2. The molecule has 0 aliphatic carbocycles. The van der Waals surface area contributed by atoms with E-state index in [2.05, 4.69) is 72.5 Å². The Morgan fingerprint density at radius 2 is 1.41 bits per heavy atom. The van der Waals surface area contributed by atoms with Gasteiger partial charge in [-0.05, 0) is 49.4 Å². The van der Waals surface area contributed by atoms with Crippen LogP contribution in [0.5, 0.6) is 5.75 Å². The van der Waals surface area contributed by atoms with E-state index in [1.54, 1.807) is 0 Å². The topological polar surface area (TPSA) is 47.7 Å². The monoisotopic (exact) mass is 430 g/mol. The molecule has 4 rings (SSSR count). The molecule has 3 aromatic carbocycles. The predicted molar refractivity (Wildman–Crippen MR) is 131 cm³/mol. The molecular weight excluding hydrogens is 396 g/mol. The molecule has 168 valence electrons. The van der Waals surface area contributed by atoms with Gasteiger partial charge in [0.15, 0.2) is 0 Å². The van der Waals surface area contributed by atoms with Gasteiger partial charge in [-0.2, -0.15) is 0 Å². The average Bonchev–Trinajstić information content (AvgIpc) is 2.85. The van der Waals surface area contributed by atoms with Crippen molar-refractivity contribution in [1.29, 1.82) is 0 Å². The van der Waals surface area contributed by atoms with E-state index >= 15 is 0 Å². The molecule has 0 bridgehead atoms.